The highest BCUT2D eigenvalue weighted by Crippen LogP contribution is 2.47. The summed E-state index contributed by atoms with van der Waals surface area (Å²) >= 11 is 0. The first-order valence-electron chi connectivity index (χ1n) is 24.5. The molecule has 2 aromatic carbocycles. The van der Waals surface area contributed by atoms with Crippen molar-refractivity contribution in [1.82, 2.24) is 0 Å². The molecule has 23 nitrogen and oxygen atoms in total. The maximum absolute atomic E-state index is 14.9. The third-order valence-corrected chi connectivity index (χ3v) is 14.4. The Morgan fingerprint density at radius 1 is 0.767 bits per heavy atom. The molecule has 4 fully saturated rings. The minimum absolute atomic E-state index is 0.0790. The molecule has 23 heteroatoms. The fourth-order valence-corrected chi connectivity index (χ4v) is 10.7. The fourth-order valence-electron chi connectivity index (χ4n) is 10.7. The maximum atomic E-state index is 14.9. The average molecular weight is 1040 g/mol. The summed E-state index contributed by atoms with van der Waals surface area (Å²) in [5, 5.41) is 89.2. The van der Waals surface area contributed by atoms with E-state index in [2.05, 4.69) is 0 Å². The summed E-state index contributed by atoms with van der Waals surface area (Å²) in [4.78, 5) is 52.1. The van der Waals surface area contributed by atoms with Gasteiger partial charge in [0, 0.05) is 58.1 Å². The van der Waals surface area contributed by atoms with Crippen molar-refractivity contribution in [2.45, 2.75) is 217 Å². The monoisotopic (exact) mass is 1040 g/mol. The van der Waals surface area contributed by atoms with Gasteiger partial charge in [0.1, 0.15) is 53.4 Å². The fraction of sp³-hybridized carbons (Fsp3) is 0.720. The molecule has 0 aromatic heterocycles. The molecule has 21 unspecified atom stereocenters. The summed E-state index contributed by atoms with van der Waals surface area (Å²) in [5.74, 6) is -5.26. The molecule has 21 atom stereocenters. The highest BCUT2D eigenvalue weighted by molar-refractivity contribution is 6.11. The number of aliphatic hydroxyl groups excluding tert-OH is 5. The van der Waals surface area contributed by atoms with Gasteiger partial charge in [-0.05, 0) is 78.0 Å². The number of rotatable bonds is 15. The molecule has 0 amide bonds. The van der Waals surface area contributed by atoms with Crippen molar-refractivity contribution in [1.29, 1.82) is 0 Å². The molecular formula is C50H70O23. The highest BCUT2D eigenvalue weighted by atomic mass is 16.7. The standard InChI is InChI=1S/C50H70O23/c1-18-30(70-33-14-29(54)46(22(5)66-33)68-24(7)52)13-27-11-26-12-28(47(63-10)45(61)40(56)19(2)51)48(44(60)38(26)43(59)37(27)39(18)55)73-35-16-31(41(57)21(4)65-35)71-34-15-32(42(58)20(3)64-34)72-36-17-50(9,62)49(23(6)67-36)69-25(8)53/h11,13,19-23,28-29,31-36,40-42,46-49,51,54-59,62H,12,14-17H2,1-10H3. The lowest BCUT2D eigenvalue weighted by atomic mass is 9.75. The molecule has 5 aliphatic rings. The van der Waals surface area contributed by atoms with Crippen LogP contribution in [0, 0.1) is 12.8 Å². The number of Topliss-reactive ketones (excluding diaryl/α,β-unsaturated/α-hetero) is 2. The second-order valence-electron chi connectivity index (χ2n) is 20.2. The molecule has 8 N–H and O–H groups in total. The van der Waals surface area contributed by atoms with E-state index >= 15 is 0 Å². The van der Waals surface area contributed by atoms with E-state index in [4.69, 9.17) is 52.1 Å². The van der Waals surface area contributed by atoms with Crippen molar-refractivity contribution >= 4 is 34.3 Å². The zero-order valence-electron chi connectivity index (χ0n) is 42.4. The van der Waals surface area contributed by atoms with Crippen LogP contribution in [0.3, 0.4) is 0 Å². The predicted octanol–water partition coefficient (Wildman–Crippen LogP) is 1.01. The lowest BCUT2D eigenvalue weighted by Gasteiger charge is -2.46. The summed E-state index contributed by atoms with van der Waals surface area (Å²) < 4.78 is 65.2. The first-order chi connectivity index (χ1) is 34.2. The third-order valence-electron chi connectivity index (χ3n) is 14.4. The molecule has 4 saturated heterocycles. The number of fused-ring (bicyclic) bond motifs is 2. The number of phenolic OH excluding ortho intramolecular Hbond substituents is 2. The van der Waals surface area contributed by atoms with Gasteiger partial charge in [-0.3, -0.25) is 19.2 Å². The molecule has 408 valence electrons. The number of ketones is 2. The molecule has 0 spiro atoms. The number of benzene rings is 2. The zero-order valence-corrected chi connectivity index (χ0v) is 42.4. The summed E-state index contributed by atoms with van der Waals surface area (Å²) in [6, 6.07) is 3.00. The van der Waals surface area contributed by atoms with Gasteiger partial charge in [0.25, 0.3) is 0 Å². The van der Waals surface area contributed by atoms with E-state index in [0.29, 0.717) is 0 Å². The quantitative estimate of drug-likeness (QED) is 0.115. The molecule has 1 aliphatic carbocycles. The van der Waals surface area contributed by atoms with E-state index in [1.165, 1.54) is 60.8 Å². The van der Waals surface area contributed by atoms with Crippen molar-refractivity contribution in [2.24, 2.45) is 5.92 Å². The smallest absolute Gasteiger partial charge is 0.303 e. The number of aliphatic hydroxyl groups is 6. The minimum Gasteiger partial charge on any atom is -0.507 e. The number of aromatic hydroxyl groups is 2. The number of carbonyl (C=O) groups is 4. The van der Waals surface area contributed by atoms with Crippen LogP contribution in [0.25, 0.3) is 10.8 Å². The number of hydrogen-bond acceptors (Lipinski definition) is 23. The lowest BCUT2D eigenvalue weighted by Crippen LogP contribution is -2.59. The van der Waals surface area contributed by atoms with Crippen LogP contribution in [0.4, 0.5) is 0 Å². The zero-order chi connectivity index (χ0) is 53.7. The summed E-state index contributed by atoms with van der Waals surface area (Å²) in [6.45, 7) is 13.0. The second-order valence-corrected chi connectivity index (χ2v) is 20.2. The molecule has 0 bridgehead atoms. The number of carbonyl (C=O) groups excluding carboxylic acids is 4. The van der Waals surface area contributed by atoms with Gasteiger partial charge in [-0.15, -0.1) is 0 Å². The van der Waals surface area contributed by atoms with Crippen molar-refractivity contribution in [3.05, 3.63) is 28.8 Å². The van der Waals surface area contributed by atoms with Gasteiger partial charge in [-0.1, -0.05) is 0 Å². The molecule has 4 aliphatic heterocycles. The van der Waals surface area contributed by atoms with Gasteiger partial charge in [0.15, 0.2) is 42.6 Å². The number of ether oxygens (including phenoxy) is 11. The SMILES string of the molecule is COC(C(=O)C(O)C(C)O)C1Cc2cc3cc(OC4CC(O)C(OC(C)=O)C(C)O4)c(C)c(O)c3c(O)c2C(=O)C1OC1CC(OC2CC(OC3CC(C)(O)C(OC(C)=O)C(C)O3)C(O)C(C)O2)C(O)C(C)O1. The molecule has 2 aromatic rings. The summed E-state index contributed by atoms with van der Waals surface area (Å²) in [6.07, 6.45) is -23.0. The summed E-state index contributed by atoms with van der Waals surface area (Å²) in [5.41, 5.74) is -1.47. The van der Waals surface area contributed by atoms with Crippen LogP contribution in [0.15, 0.2) is 12.1 Å². The third kappa shape index (κ3) is 11.9. The van der Waals surface area contributed by atoms with Gasteiger partial charge in [0.05, 0.1) is 59.8 Å². The van der Waals surface area contributed by atoms with E-state index in [1.807, 2.05) is 0 Å². The molecular weight excluding hydrogens is 969 g/mol. The predicted molar refractivity (Wildman–Crippen MR) is 248 cm³/mol. The summed E-state index contributed by atoms with van der Waals surface area (Å²) in [7, 11) is 1.18. The first-order valence-corrected chi connectivity index (χ1v) is 24.5. The first kappa shape index (κ1) is 56.5. The number of phenols is 2. The highest BCUT2D eigenvalue weighted by Gasteiger charge is 2.52. The van der Waals surface area contributed by atoms with Gasteiger partial charge in [0.2, 0.25) is 6.29 Å². The van der Waals surface area contributed by atoms with Crippen LogP contribution < -0.4 is 4.74 Å². The van der Waals surface area contributed by atoms with Gasteiger partial charge >= 0.3 is 11.9 Å². The molecule has 4 heterocycles. The largest absolute Gasteiger partial charge is 0.507 e. The maximum Gasteiger partial charge on any atom is 0.303 e. The van der Waals surface area contributed by atoms with Gasteiger partial charge in [-0.25, -0.2) is 0 Å². The molecule has 0 radical (unpaired) electrons. The number of methoxy groups -OCH3 is 1. The van der Waals surface area contributed by atoms with E-state index in [0.717, 1.165) is 0 Å². The lowest BCUT2D eigenvalue weighted by molar-refractivity contribution is -0.334. The Bertz CT molecular complexity index is 2330. The Morgan fingerprint density at radius 3 is 1.88 bits per heavy atom. The van der Waals surface area contributed by atoms with Crippen LogP contribution in [-0.4, -0.2) is 194 Å². The Kier molecular flexibility index (Phi) is 17.5. The molecule has 7 rings (SSSR count). The Morgan fingerprint density at radius 2 is 1.33 bits per heavy atom. The Labute approximate surface area is 421 Å². The van der Waals surface area contributed by atoms with E-state index in [9.17, 15) is 60.0 Å². The van der Waals surface area contributed by atoms with Crippen molar-refractivity contribution in [3.8, 4) is 17.2 Å². The number of hydrogen-bond donors (Lipinski definition) is 8. The normalized spacial score (nSPS) is 38.2. The van der Waals surface area contributed by atoms with E-state index in [-0.39, 0.29) is 65.3 Å². The van der Waals surface area contributed by atoms with Crippen molar-refractivity contribution in [2.75, 3.05) is 7.11 Å². The van der Waals surface area contributed by atoms with Crippen LogP contribution >= 0.6 is 0 Å². The Balaban J connectivity index is 1.14. The van der Waals surface area contributed by atoms with Crippen molar-refractivity contribution < 1.29 is 112 Å². The van der Waals surface area contributed by atoms with Gasteiger partial charge < -0.3 is 93.0 Å². The van der Waals surface area contributed by atoms with Crippen LogP contribution in [0.2, 0.25) is 0 Å². The second kappa shape index (κ2) is 22.6. The Hall–Kier alpha value is -4.18. The van der Waals surface area contributed by atoms with E-state index in [1.54, 1.807) is 20.8 Å². The van der Waals surface area contributed by atoms with E-state index < -0.39 is 163 Å². The molecule has 0 saturated carbocycles. The van der Waals surface area contributed by atoms with Crippen LogP contribution in [0.5, 0.6) is 17.2 Å². The number of esters is 2. The van der Waals surface area contributed by atoms with Crippen LogP contribution in [-0.2, 0) is 68.2 Å². The minimum atomic E-state index is -1.94. The topological polar surface area (TPSA) is 332 Å². The van der Waals surface area contributed by atoms with Crippen LogP contribution in [0.1, 0.15) is 103 Å². The molecule has 73 heavy (non-hydrogen) atoms. The average Bonchev–Trinajstić information content (AvgIpc) is 3.29. The van der Waals surface area contributed by atoms with Crippen molar-refractivity contribution in [3.63, 3.8) is 0 Å². The van der Waals surface area contributed by atoms with Gasteiger partial charge in [-0.2, -0.15) is 0 Å².